The zero-order valence-electron chi connectivity index (χ0n) is 11.6. The number of carbonyl (C=O) groups excluding carboxylic acids is 1. The highest BCUT2D eigenvalue weighted by Gasteiger charge is 2.24. The molecule has 20 heavy (non-hydrogen) atoms. The van der Waals surface area contributed by atoms with Crippen LogP contribution in [0.5, 0.6) is 0 Å². The topological polar surface area (TPSA) is 41.1 Å². The molecule has 1 amide bonds. The molecule has 0 aromatic heterocycles. The minimum Gasteiger partial charge on any atom is -0.356 e. The monoisotopic (exact) mass is 314 g/mol. The van der Waals surface area contributed by atoms with Gasteiger partial charge in [0.1, 0.15) is 0 Å². The molecule has 2 rings (SSSR count). The average molecular weight is 315 g/mol. The number of piperidine rings is 1. The molecule has 1 saturated heterocycles. The van der Waals surface area contributed by atoms with Crippen molar-refractivity contribution < 1.29 is 4.79 Å². The molecule has 2 N–H and O–H groups in total. The zero-order valence-corrected chi connectivity index (χ0v) is 13.1. The average Bonchev–Trinajstić information content (AvgIpc) is 2.41. The number of halogens is 2. The second-order valence-corrected chi connectivity index (χ2v) is 6.20. The van der Waals surface area contributed by atoms with Crippen molar-refractivity contribution in [3.8, 4) is 0 Å². The maximum absolute atomic E-state index is 12.1. The molecule has 0 bridgehead atoms. The summed E-state index contributed by atoms with van der Waals surface area (Å²) in [6, 6.07) is 5.88. The van der Waals surface area contributed by atoms with E-state index >= 15 is 0 Å². The summed E-state index contributed by atoms with van der Waals surface area (Å²) in [4.78, 5) is 12.1. The number of benzene rings is 1. The summed E-state index contributed by atoms with van der Waals surface area (Å²) in [5.74, 6) is 0.287. The van der Waals surface area contributed by atoms with E-state index in [-0.39, 0.29) is 11.8 Å². The van der Waals surface area contributed by atoms with E-state index in [2.05, 4.69) is 17.6 Å². The highest BCUT2D eigenvalue weighted by molar-refractivity contribution is 6.35. The molecule has 1 heterocycles. The highest BCUT2D eigenvalue weighted by atomic mass is 35.5. The quantitative estimate of drug-likeness (QED) is 0.897. The standard InChI is InChI=1S/C15H20Cl2N2O/c1-10-8-12(5-6-18-10)15(20)19-7-4-11-2-3-13(16)9-14(11)17/h2-3,9-10,12,18H,4-8H2,1H3,(H,19,20)/t10-,12-/m0/s1. The Morgan fingerprint density at radius 1 is 1.45 bits per heavy atom. The van der Waals surface area contributed by atoms with Crippen molar-refractivity contribution in [1.29, 1.82) is 0 Å². The maximum atomic E-state index is 12.1. The van der Waals surface area contributed by atoms with Gasteiger partial charge in [0.05, 0.1) is 0 Å². The van der Waals surface area contributed by atoms with Crippen LogP contribution in [0.2, 0.25) is 10.0 Å². The molecule has 0 spiro atoms. The van der Waals surface area contributed by atoms with Gasteiger partial charge in [0.25, 0.3) is 0 Å². The van der Waals surface area contributed by atoms with Gasteiger partial charge in [-0.05, 0) is 50.4 Å². The molecule has 1 aromatic carbocycles. The molecule has 1 aromatic rings. The molecular formula is C15H20Cl2N2O. The van der Waals surface area contributed by atoms with Gasteiger partial charge in [0, 0.05) is 28.5 Å². The second kappa shape index (κ2) is 7.30. The molecular weight excluding hydrogens is 295 g/mol. The van der Waals surface area contributed by atoms with E-state index in [1.54, 1.807) is 6.07 Å². The van der Waals surface area contributed by atoms with Gasteiger partial charge >= 0.3 is 0 Å². The normalized spacial score (nSPS) is 22.6. The minimum atomic E-state index is 0.131. The Morgan fingerprint density at radius 2 is 2.25 bits per heavy atom. The first kappa shape index (κ1) is 15.6. The van der Waals surface area contributed by atoms with Crippen molar-refractivity contribution in [2.45, 2.75) is 32.2 Å². The van der Waals surface area contributed by atoms with E-state index in [0.717, 1.165) is 31.4 Å². The number of hydrogen-bond donors (Lipinski definition) is 2. The van der Waals surface area contributed by atoms with Gasteiger partial charge in [0.15, 0.2) is 0 Å². The van der Waals surface area contributed by atoms with Crippen molar-refractivity contribution in [2.24, 2.45) is 5.92 Å². The van der Waals surface area contributed by atoms with Crippen LogP contribution >= 0.6 is 23.2 Å². The predicted octanol–water partition coefficient (Wildman–Crippen LogP) is 3.04. The van der Waals surface area contributed by atoms with Crippen LogP contribution in [-0.4, -0.2) is 25.0 Å². The third-order valence-electron chi connectivity index (χ3n) is 3.70. The zero-order chi connectivity index (χ0) is 14.5. The van der Waals surface area contributed by atoms with Gasteiger partial charge in [-0.15, -0.1) is 0 Å². The van der Waals surface area contributed by atoms with Crippen LogP contribution in [0.1, 0.15) is 25.3 Å². The van der Waals surface area contributed by atoms with Crippen LogP contribution in [0.3, 0.4) is 0 Å². The molecule has 0 unspecified atom stereocenters. The summed E-state index contributed by atoms with van der Waals surface area (Å²) < 4.78 is 0. The van der Waals surface area contributed by atoms with Crippen molar-refractivity contribution >= 4 is 29.1 Å². The maximum Gasteiger partial charge on any atom is 0.223 e. The summed E-state index contributed by atoms with van der Waals surface area (Å²) >= 11 is 12.0. The number of rotatable bonds is 4. The second-order valence-electron chi connectivity index (χ2n) is 5.35. The fraction of sp³-hybridized carbons (Fsp3) is 0.533. The largest absolute Gasteiger partial charge is 0.356 e. The van der Waals surface area contributed by atoms with Crippen molar-refractivity contribution in [3.63, 3.8) is 0 Å². The molecule has 0 aliphatic carbocycles. The van der Waals surface area contributed by atoms with Gasteiger partial charge < -0.3 is 10.6 Å². The fourth-order valence-corrected chi connectivity index (χ4v) is 3.06. The van der Waals surface area contributed by atoms with Crippen molar-refractivity contribution in [1.82, 2.24) is 10.6 Å². The predicted molar refractivity (Wildman–Crippen MR) is 83.4 cm³/mol. The Kier molecular flexibility index (Phi) is 5.70. The van der Waals surface area contributed by atoms with Crippen LogP contribution in [0.4, 0.5) is 0 Å². The Labute approximate surface area is 130 Å². The van der Waals surface area contributed by atoms with Crippen molar-refractivity contribution in [3.05, 3.63) is 33.8 Å². The molecule has 1 fully saturated rings. The van der Waals surface area contributed by atoms with Gasteiger partial charge in [0.2, 0.25) is 5.91 Å². The van der Waals surface area contributed by atoms with E-state index < -0.39 is 0 Å². The van der Waals surface area contributed by atoms with Gasteiger partial charge in [-0.25, -0.2) is 0 Å². The SMILES string of the molecule is C[C@H]1C[C@@H](C(=O)NCCc2ccc(Cl)cc2Cl)CCN1. The van der Waals surface area contributed by atoms with Crippen molar-refractivity contribution in [2.75, 3.05) is 13.1 Å². The summed E-state index contributed by atoms with van der Waals surface area (Å²) in [6.45, 7) is 3.65. The van der Waals surface area contributed by atoms with E-state index in [4.69, 9.17) is 23.2 Å². The lowest BCUT2D eigenvalue weighted by Gasteiger charge is -2.27. The number of amides is 1. The molecule has 1 aliphatic heterocycles. The van der Waals surface area contributed by atoms with Gasteiger partial charge in [-0.3, -0.25) is 4.79 Å². The smallest absolute Gasteiger partial charge is 0.223 e. The van der Waals surface area contributed by atoms with Crippen LogP contribution in [0.15, 0.2) is 18.2 Å². The van der Waals surface area contributed by atoms with E-state index in [1.807, 2.05) is 12.1 Å². The molecule has 0 radical (unpaired) electrons. The van der Waals surface area contributed by atoms with Crippen LogP contribution in [0.25, 0.3) is 0 Å². The Morgan fingerprint density at radius 3 is 2.95 bits per heavy atom. The van der Waals surface area contributed by atoms with Gasteiger partial charge in [-0.2, -0.15) is 0 Å². The Balaban J connectivity index is 1.79. The highest BCUT2D eigenvalue weighted by Crippen LogP contribution is 2.21. The lowest BCUT2D eigenvalue weighted by molar-refractivity contribution is -0.126. The molecule has 2 atom stereocenters. The molecule has 110 valence electrons. The van der Waals surface area contributed by atoms with E-state index in [0.29, 0.717) is 22.6 Å². The Hall–Kier alpha value is -0.770. The summed E-state index contributed by atoms with van der Waals surface area (Å²) in [5.41, 5.74) is 1.01. The Bertz CT molecular complexity index is 479. The molecule has 0 saturated carbocycles. The van der Waals surface area contributed by atoms with E-state index in [9.17, 15) is 4.79 Å². The first-order chi connectivity index (χ1) is 9.56. The molecule has 5 heteroatoms. The lowest BCUT2D eigenvalue weighted by Crippen LogP contribution is -2.42. The minimum absolute atomic E-state index is 0.131. The van der Waals surface area contributed by atoms with Gasteiger partial charge in [-0.1, -0.05) is 29.3 Å². The van der Waals surface area contributed by atoms with Crippen LogP contribution in [0, 0.1) is 5.92 Å². The summed E-state index contributed by atoms with van der Waals surface area (Å²) in [5, 5.41) is 7.64. The lowest BCUT2D eigenvalue weighted by atomic mass is 9.92. The first-order valence-corrected chi connectivity index (χ1v) is 7.77. The fourth-order valence-electron chi connectivity index (χ4n) is 2.56. The van der Waals surface area contributed by atoms with E-state index in [1.165, 1.54) is 0 Å². The number of nitrogens with one attached hydrogen (secondary N) is 2. The number of hydrogen-bond acceptors (Lipinski definition) is 2. The third-order valence-corrected chi connectivity index (χ3v) is 4.29. The summed E-state index contributed by atoms with van der Waals surface area (Å²) in [7, 11) is 0. The van der Waals surface area contributed by atoms with Crippen LogP contribution < -0.4 is 10.6 Å². The number of carbonyl (C=O) groups is 1. The van der Waals surface area contributed by atoms with Crippen LogP contribution in [-0.2, 0) is 11.2 Å². The molecule has 1 aliphatic rings. The first-order valence-electron chi connectivity index (χ1n) is 7.01. The molecule has 3 nitrogen and oxygen atoms in total. The third kappa shape index (κ3) is 4.37. The summed E-state index contributed by atoms with van der Waals surface area (Å²) in [6.07, 6.45) is 2.55.